The summed E-state index contributed by atoms with van der Waals surface area (Å²) in [5, 5.41) is 7.58. The van der Waals surface area contributed by atoms with E-state index in [1.165, 1.54) is 69.3 Å². The highest BCUT2D eigenvalue weighted by Gasteiger charge is 2.42. The van der Waals surface area contributed by atoms with Gasteiger partial charge in [-0.2, -0.15) is 0 Å². The first kappa shape index (κ1) is 30.5. The average molecular weight is 712 g/mol. The molecule has 10 aromatic rings. The van der Waals surface area contributed by atoms with E-state index in [4.69, 9.17) is 9.97 Å². The molecule has 0 radical (unpaired) electrons. The Labute approximate surface area is 312 Å². The molecule has 1 aliphatic rings. The van der Waals surface area contributed by atoms with Crippen LogP contribution >= 0.6 is 11.3 Å². The quantitative estimate of drug-likeness (QED) is 0.170. The normalized spacial score (nSPS) is 13.2. The van der Waals surface area contributed by atoms with Crippen molar-refractivity contribution >= 4 is 71.9 Å². The van der Waals surface area contributed by atoms with Crippen molar-refractivity contribution in [2.75, 3.05) is 0 Å². The second-order valence-electron chi connectivity index (χ2n) is 14.5. The van der Waals surface area contributed by atoms with Crippen LogP contribution in [0.5, 0.6) is 0 Å². The van der Waals surface area contributed by atoms with Gasteiger partial charge in [-0.1, -0.05) is 140 Å². The molecule has 0 amide bonds. The number of fused-ring (bicyclic) bond motifs is 9. The molecule has 4 heterocycles. The van der Waals surface area contributed by atoms with Crippen molar-refractivity contribution in [1.82, 2.24) is 14.5 Å². The van der Waals surface area contributed by atoms with Gasteiger partial charge in [0.05, 0.1) is 16.7 Å². The molecule has 5 heteroatoms. The first-order chi connectivity index (χ1) is 26.1. The lowest BCUT2D eigenvalue weighted by Crippen LogP contribution is -2.50. The number of thiophene rings is 1. The Morgan fingerprint density at radius 2 is 1.23 bits per heavy atom. The van der Waals surface area contributed by atoms with Crippen molar-refractivity contribution in [2.24, 2.45) is 0 Å². The van der Waals surface area contributed by atoms with Gasteiger partial charge in [0.1, 0.15) is 8.07 Å². The molecule has 0 saturated carbocycles. The summed E-state index contributed by atoms with van der Waals surface area (Å²) in [5.41, 5.74) is 11.6. The van der Waals surface area contributed by atoms with Gasteiger partial charge in [-0.25, -0.2) is 9.97 Å². The summed E-state index contributed by atoms with van der Waals surface area (Å²) < 4.78 is 4.96. The van der Waals surface area contributed by atoms with E-state index < -0.39 is 8.07 Å². The minimum absolute atomic E-state index is 0.785. The summed E-state index contributed by atoms with van der Waals surface area (Å²) in [6.45, 7) is 4.90. The molecule has 0 unspecified atom stereocenters. The summed E-state index contributed by atoms with van der Waals surface area (Å²) in [6, 6.07) is 59.3. The van der Waals surface area contributed by atoms with E-state index >= 15 is 0 Å². The van der Waals surface area contributed by atoms with Gasteiger partial charge in [0.15, 0.2) is 5.82 Å². The van der Waals surface area contributed by atoms with Gasteiger partial charge in [-0.15, -0.1) is 11.3 Å². The van der Waals surface area contributed by atoms with Crippen molar-refractivity contribution < 1.29 is 0 Å². The molecule has 3 nitrogen and oxygen atoms in total. The topological polar surface area (TPSA) is 30.7 Å². The molecule has 0 saturated heterocycles. The molecule has 3 aromatic heterocycles. The maximum absolute atomic E-state index is 5.70. The Morgan fingerprint density at radius 1 is 0.528 bits per heavy atom. The Balaban J connectivity index is 1.26. The Kier molecular flexibility index (Phi) is 6.57. The highest BCUT2D eigenvalue weighted by Crippen LogP contribution is 2.45. The van der Waals surface area contributed by atoms with Crippen LogP contribution in [0.1, 0.15) is 0 Å². The standard InChI is InChI=1S/C48H33N3SSi/c1-53(2)42-26-12-10-20-35(42)44-45(37-23-13-21-34-33-19-9-11-25-41(33)52-46(34)37)49-47(50-48(44)53)36-22-14-24-40-43(36)38-29-31(30-15-5-3-6-16-30)27-28-39(38)51(40)32-17-7-4-8-18-32/h3-29H,1-2H3. The van der Waals surface area contributed by atoms with E-state index in [2.05, 4.69) is 181 Å². The fraction of sp³-hybridized carbons (Fsp3) is 0.0417. The number of aromatic nitrogens is 3. The second kappa shape index (κ2) is 11.4. The largest absolute Gasteiger partial charge is 0.309 e. The van der Waals surface area contributed by atoms with Crippen LogP contribution in [-0.2, 0) is 0 Å². The van der Waals surface area contributed by atoms with Gasteiger partial charge in [-0.3, -0.25) is 0 Å². The summed E-state index contributed by atoms with van der Waals surface area (Å²) in [6.07, 6.45) is 0. The molecule has 0 N–H and O–H groups in total. The number of benzene rings is 7. The van der Waals surface area contributed by atoms with Crippen LogP contribution in [0, 0.1) is 0 Å². The van der Waals surface area contributed by atoms with E-state index in [0.717, 1.165) is 33.8 Å². The van der Waals surface area contributed by atoms with E-state index in [-0.39, 0.29) is 0 Å². The fourth-order valence-electron chi connectivity index (χ4n) is 8.71. The lowest BCUT2D eigenvalue weighted by Gasteiger charge is -2.19. The molecule has 53 heavy (non-hydrogen) atoms. The van der Waals surface area contributed by atoms with E-state index in [0.29, 0.717) is 0 Å². The summed E-state index contributed by atoms with van der Waals surface area (Å²) in [4.78, 5) is 11.4. The maximum Gasteiger partial charge on any atom is 0.160 e. The third-order valence-electron chi connectivity index (χ3n) is 11.2. The molecule has 0 aliphatic carbocycles. The lowest BCUT2D eigenvalue weighted by molar-refractivity contribution is 1.18. The minimum Gasteiger partial charge on any atom is -0.309 e. The number of hydrogen-bond acceptors (Lipinski definition) is 3. The molecule has 0 atom stereocenters. The predicted molar refractivity (Wildman–Crippen MR) is 228 cm³/mol. The number of para-hydroxylation sites is 1. The van der Waals surface area contributed by atoms with Crippen LogP contribution < -0.4 is 10.5 Å². The highest BCUT2D eigenvalue weighted by molar-refractivity contribution is 7.26. The average Bonchev–Trinajstić information content (AvgIpc) is 3.84. The molecule has 11 rings (SSSR count). The van der Waals surface area contributed by atoms with Gasteiger partial charge in [0, 0.05) is 58.6 Å². The van der Waals surface area contributed by atoms with Crippen molar-refractivity contribution in [3.63, 3.8) is 0 Å². The van der Waals surface area contributed by atoms with Crippen LogP contribution in [0.3, 0.4) is 0 Å². The molecule has 0 bridgehead atoms. The molecular weight excluding hydrogens is 679 g/mol. The van der Waals surface area contributed by atoms with Gasteiger partial charge in [0.2, 0.25) is 0 Å². The zero-order valence-corrected chi connectivity index (χ0v) is 31.2. The minimum atomic E-state index is -2.18. The Hall–Kier alpha value is -6.14. The van der Waals surface area contributed by atoms with Crippen molar-refractivity contribution in [2.45, 2.75) is 13.1 Å². The van der Waals surface area contributed by atoms with E-state index in [9.17, 15) is 0 Å². The monoisotopic (exact) mass is 711 g/mol. The molecule has 7 aromatic carbocycles. The summed E-state index contributed by atoms with van der Waals surface area (Å²) in [5.74, 6) is 0.785. The first-order valence-corrected chi connectivity index (χ1v) is 22.0. The van der Waals surface area contributed by atoms with Crippen LogP contribution in [0.25, 0.3) is 92.6 Å². The molecule has 250 valence electrons. The first-order valence-electron chi connectivity index (χ1n) is 18.2. The van der Waals surface area contributed by atoms with E-state index in [1.807, 2.05) is 11.3 Å². The number of rotatable bonds is 4. The zero-order valence-electron chi connectivity index (χ0n) is 29.3. The predicted octanol–water partition coefficient (Wildman–Crippen LogP) is 11.7. The van der Waals surface area contributed by atoms with Crippen LogP contribution in [0.2, 0.25) is 13.1 Å². The highest BCUT2D eigenvalue weighted by atomic mass is 32.1. The Morgan fingerprint density at radius 3 is 2.09 bits per heavy atom. The molecular formula is C48H33N3SSi. The fourth-order valence-corrected chi connectivity index (χ4v) is 12.8. The summed E-state index contributed by atoms with van der Waals surface area (Å²) >= 11 is 1.86. The molecule has 0 spiro atoms. The molecule has 1 aliphatic heterocycles. The van der Waals surface area contributed by atoms with Crippen molar-refractivity contribution in [3.8, 4) is 50.6 Å². The van der Waals surface area contributed by atoms with Crippen molar-refractivity contribution in [3.05, 3.63) is 164 Å². The van der Waals surface area contributed by atoms with Gasteiger partial charge in [-0.05, 0) is 58.3 Å². The maximum atomic E-state index is 5.70. The van der Waals surface area contributed by atoms with Crippen LogP contribution in [-0.4, -0.2) is 22.6 Å². The van der Waals surface area contributed by atoms with Crippen molar-refractivity contribution in [1.29, 1.82) is 0 Å². The second-order valence-corrected chi connectivity index (χ2v) is 19.9. The zero-order chi connectivity index (χ0) is 35.3. The van der Waals surface area contributed by atoms with E-state index in [1.54, 1.807) is 0 Å². The number of hydrogen-bond donors (Lipinski definition) is 0. The SMILES string of the molecule is C[Si]1(C)c2ccccc2-c2c(-c3cccc4c3sc3ccccc34)nc(-c3cccc4c3c3cc(-c5ccccc5)ccc3n4-c3ccccc3)nc21. The smallest absolute Gasteiger partial charge is 0.160 e. The molecule has 0 fully saturated rings. The third kappa shape index (κ3) is 4.45. The van der Waals surface area contributed by atoms with Gasteiger partial charge in [0.25, 0.3) is 0 Å². The summed E-state index contributed by atoms with van der Waals surface area (Å²) in [7, 11) is -2.18. The van der Waals surface area contributed by atoms with Gasteiger partial charge < -0.3 is 4.57 Å². The van der Waals surface area contributed by atoms with Crippen LogP contribution in [0.15, 0.2) is 164 Å². The van der Waals surface area contributed by atoms with Crippen LogP contribution in [0.4, 0.5) is 0 Å². The third-order valence-corrected chi connectivity index (χ3v) is 15.7. The lowest BCUT2D eigenvalue weighted by atomic mass is 9.98. The number of nitrogens with zero attached hydrogens (tertiary/aromatic N) is 3. The Bertz CT molecular complexity index is 3090. The van der Waals surface area contributed by atoms with Gasteiger partial charge >= 0.3 is 0 Å².